The molecule has 2 rings (SSSR count). The van der Waals surface area contributed by atoms with Gasteiger partial charge in [-0.05, 0) is 26.2 Å². The summed E-state index contributed by atoms with van der Waals surface area (Å²) in [4.78, 5) is 22.1. The number of rotatable bonds is 6. The zero-order chi connectivity index (χ0) is 14.4. The number of hydrogen-bond acceptors (Lipinski definition) is 5. The van der Waals surface area contributed by atoms with Gasteiger partial charge < -0.3 is 15.5 Å². The van der Waals surface area contributed by atoms with Gasteiger partial charge in [0.25, 0.3) is 0 Å². The Labute approximate surface area is 118 Å². The van der Waals surface area contributed by atoms with Crippen molar-refractivity contribution in [2.45, 2.75) is 0 Å². The quantitative estimate of drug-likeness (QED) is 0.811. The second-order valence-corrected chi connectivity index (χ2v) is 4.75. The molecule has 1 heterocycles. The van der Waals surface area contributed by atoms with E-state index in [4.69, 9.17) is 0 Å². The average Bonchev–Trinajstić information content (AvgIpc) is 2.44. The van der Waals surface area contributed by atoms with E-state index in [1.165, 1.54) is 6.33 Å². The van der Waals surface area contributed by atoms with Crippen LogP contribution in [0, 0.1) is 0 Å². The molecule has 0 bridgehead atoms. The molecular weight excluding hydrogens is 254 g/mol. The first-order chi connectivity index (χ1) is 9.66. The van der Waals surface area contributed by atoms with Gasteiger partial charge in [0, 0.05) is 18.5 Å². The Bertz CT molecular complexity index is 579. The number of anilines is 1. The normalized spacial score (nSPS) is 10.8. The Morgan fingerprint density at radius 3 is 2.85 bits per heavy atom. The van der Waals surface area contributed by atoms with Crippen LogP contribution >= 0.6 is 0 Å². The maximum atomic E-state index is 11.7. The van der Waals surface area contributed by atoms with Gasteiger partial charge >= 0.3 is 0 Å². The molecule has 20 heavy (non-hydrogen) atoms. The highest BCUT2D eigenvalue weighted by atomic mass is 16.1. The molecule has 6 heteroatoms. The lowest BCUT2D eigenvalue weighted by Gasteiger charge is -2.11. The molecule has 2 aromatic rings. The van der Waals surface area contributed by atoms with E-state index in [0.717, 1.165) is 17.4 Å². The third-order valence-corrected chi connectivity index (χ3v) is 2.84. The van der Waals surface area contributed by atoms with Gasteiger partial charge in [-0.3, -0.25) is 4.79 Å². The summed E-state index contributed by atoms with van der Waals surface area (Å²) >= 11 is 0. The van der Waals surface area contributed by atoms with Crippen molar-refractivity contribution in [2.75, 3.05) is 39.0 Å². The molecule has 6 nitrogen and oxygen atoms in total. The summed E-state index contributed by atoms with van der Waals surface area (Å²) in [5, 5.41) is 6.81. The van der Waals surface area contributed by atoms with E-state index in [2.05, 4.69) is 20.6 Å². The smallest absolute Gasteiger partial charge is 0.239 e. The highest BCUT2D eigenvalue weighted by Crippen LogP contribution is 2.17. The maximum Gasteiger partial charge on any atom is 0.239 e. The summed E-state index contributed by atoms with van der Waals surface area (Å²) in [7, 11) is 3.94. The Morgan fingerprint density at radius 2 is 2.05 bits per heavy atom. The number of benzene rings is 1. The SMILES string of the molecule is CN(C)CCNC(=O)CNc1ncnc2ccccc12. The van der Waals surface area contributed by atoms with Crippen molar-refractivity contribution >= 4 is 22.6 Å². The number of fused-ring (bicyclic) bond motifs is 1. The largest absolute Gasteiger partial charge is 0.360 e. The van der Waals surface area contributed by atoms with Crippen molar-refractivity contribution in [1.29, 1.82) is 0 Å². The van der Waals surface area contributed by atoms with Crippen molar-refractivity contribution in [1.82, 2.24) is 20.2 Å². The number of amides is 1. The van der Waals surface area contributed by atoms with Crippen LogP contribution in [-0.4, -0.2) is 54.5 Å². The van der Waals surface area contributed by atoms with E-state index in [-0.39, 0.29) is 12.5 Å². The van der Waals surface area contributed by atoms with Crippen LogP contribution in [0.3, 0.4) is 0 Å². The summed E-state index contributed by atoms with van der Waals surface area (Å²) in [5.41, 5.74) is 0.859. The third-order valence-electron chi connectivity index (χ3n) is 2.84. The van der Waals surface area contributed by atoms with Crippen molar-refractivity contribution in [3.05, 3.63) is 30.6 Å². The van der Waals surface area contributed by atoms with Gasteiger partial charge in [0.15, 0.2) is 0 Å². The molecule has 0 aliphatic heterocycles. The minimum absolute atomic E-state index is 0.0467. The number of aromatic nitrogens is 2. The number of nitrogens with zero attached hydrogens (tertiary/aromatic N) is 3. The van der Waals surface area contributed by atoms with Gasteiger partial charge in [-0.25, -0.2) is 9.97 Å². The number of nitrogens with one attached hydrogen (secondary N) is 2. The van der Waals surface area contributed by atoms with Crippen LogP contribution < -0.4 is 10.6 Å². The first kappa shape index (κ1) is 14.2. The predicted molar refractivity (Wildman–Crippen MR) is 79.6 cm³/mol. The number of likely N-dealkylation sites (N-methyl/N-ethyl adjacent to an activating group) is 1. The van der Waals surface area contributed by atoms with Gasteiger partial charge in [0.2, 0.25) is 5.91 Å². The lowest BCUT2D eigenvalue weighted by atomic mass is 10.2. The second kappa shape index (κ2) is 6.81. The molecule has 0 spiro atoms. The molecule has 0 saturated carbocycles. The van der Waals surface area contributed by atoms with E-state index in [1.54, 1.807) is 0 Å². The van der Waals surface area contributed by atoms with Gasteiger partial charge in [-0.2, -0.15) is 0 Å². The zero-order valence-corrected chi connectivity index (χ0v) is 11.8. The first-order valence-corrected chi connectivity index (χ1v) is 6.52. The molecule has 0 fully saturated rings. The maximum absolute atomic E-state index is 11.7. The summed E-state index contributed by atoms with van der Waals surface area (Å²) in [5.74, 6) is 0.632. The lowest BCUT2D eigenvalue weighted by molar-refractivity contribution is -0.119. The molecule has 106 valence electrons. The first-order valence-electron chi connectivity index (χ1n) is 6.52. The molecule has 0 radical (unpaired) electrons. The van der Waals surface area contributed by atoms with E-state index in [0.29, 0.717) is 12.4 Å². The number of para-hydroxylation sites is 1. The molecular formula is C14H19N5O. The lowest BCUT2D eigenvalue weighted by Crippen LogP contribution is -2.35. The molecule has 2 N–H and O–H groups in total. The monoisotopic (exact) mass is 273 g/mol. The molecule has 0 aliphatic carbocycles. The second-order valence-electron chi connectivity index (χ2n) is 4.75. The van der Waals surface area contributed by atoms with Gasteiger partial charge in [-0.1, -0.05) is 12.1 Å². The predicted octanol–water partition coefficient (Wildman–Crippen LogP) is 0.720. The Balaban J connectivity index is 1.91. The van der Waals surface area contributed by atoms with Crippen LogP contribution in [0.1, 0.15) is 0 Å². The van der Waals surface area contributed by atoms with Gasteiger partial charge in [0.1, 0.15) is 12.1 Å². The van der Waals surface area contributed by atoms with Crippen LogP contribution in [0.25, 0.3) is 10.9 Å². The van der Waals surface area contributed by atoms with E-state index < -0.39 is 0 Å². The zero-order valence-electron chi connectivity index (χ0n) is 11.8. The molecule has 1 aromatic carbocycles. The highest BCUT2D eigenvalue weighted by Gasteiger charge is 2.05. The molecule has 1 aromatic heterocycles. The Kier molecular flexibility index (Phi) is 4.84. The minimum Gasteiger partial charge on any atom is -0.360 e. The average molecular weight is 273 g/mol. The van der Waals surface area contributed by atoms with Crippen LogP contribution in [0.15, 0.2) is 30.6 Å². The molecule has 0 unspecified atom stereocenters. The number of hydrogen-bond donors (Lipinski definition) is 2. The van der Waals surface area contributed by atoms with E-state index in [9.17, 15) is 4.79 Å². The van der Waals surface area contributed by atoms with Gasteiger partial charge in [0.05, 0.1) is 12.1 Å². The highest BCUT2D eigenvalue weighted by molar-refractivity contribution is 5.90. The topological polar surface area (TPSA) is 70.2 Å². The molecule has 0 aliphatic rings. The fourth-order valence-corrected chi connectivity index (χ4v) is 1.79. The van der Waals surface area contributed by atoms with Crippen molar-refractivity contribution in [2.24, 2.45) is 0 Å². The van der Waals surface area contributed by atoms with Crippen LogP contribution in [0.4, 0.5) is 5.82 Å². The molecule has 1 amide bonds. The summed E-state index contributed by atoms with van der Waals surface area (Å²) < 4.78 is 0. The summed E-state index contributed by atoms with van der Waals surface area (Å²) in [6, 6.07) is 7.70. The number of carbonyl (C=O) groups is 1. The Hall–Kier alpha value is -2.21. The van der Waals surface area contributed by atoms with E-state index >= 15 is 0 Å². The van der Waals surface area contributed by atoms with E-state index in [1.807, 2.05) is 43.3 Å². The summed E-state index contributed by atoms with van der Waals surface area (Å²) in [6.45, 7) is 1.66. The molecule has 0 saturated heterocycles. The fraction of sp³-hybridized carbons (Fsp3) is 0.357. The van der Waals surface area contributed by atoms with Crippen molar-refractivity contribution < 1.29 is 4.79 Å². The van der Waals surface area contributed by atoms with Gasteiger partial charge in [-0.15, -0.1) is 0 Å². The standard InChI is InChI=1S/C14H19N5O/c1-19(2)8-7-15-13(20)9-16-14-11-5-3-4-6-12(11)17-10-18-14/h3-6,10H,7-9H2,1-2H3,(H,15,20)(H,16,17,18). The van der Waals surface area contributed by atoms with Crippen LogP contribution in [-0.2, 0) is 4.79 Å². The fourth-order valence-electron chi connectivity index (χ4n) is 1.79. The minimum atomic E-state index is -0.0467. The third kappa shape index (κ3) is 3.89. The summed E-state index contributed by atoms with van der Waals surface area (Å²) in [6.07, 6.45) is 1.49. The van der Waals surface area contributed by atoms with Crippen molar-refractivity contribution in [3.63, 3.8) is 0 Å². The van der Waals surface area contributed by atoms with Crippen molar-refractivity contribution in [3.8, 4) is 0 Å². The number of carbonyl (C=O) groups excluding carboxylic acids is 1. The van der Waals surface area contributed by atoms with Crippen LogP contribution in [0.2, 0.25) is 0 Å². The Morgan fingerprint density at radius 1 is 1.25 bits per heavy atom. The van der Waals surface area contributed by atoms with Crippen LogP contribution in [0.5, 0.6) is 0 Å². The molecule has 0 atom stereocenters.